The summed E-state index contributed by atoms with van der Waals surface area (Å²) in [6.45, 7) is 6.41. The summed E-state index contributed by atoms with van der Waals surface area (Å²) >= 11 is 0. The Morgan fingerprint density at radius 1 is 1.05 bits per heavy atom. The van der Waals surface area contributed by atoms with Crippen LogP contribution in [0.1, 0.15) is 56.3 Å². The monoisotopic (exact) mass is 517 g/mol. The second-order valence-electron chi connectivity index (χ2n) is 9.87. The molecule has 0 unspecified atom stereocenters. The lowest BCUT2D eigenvalue weighted by atomic mass is 9.99. The fourth-order valence-electron chi connectivity index (χ4n) is 4.68. The van der Waals surface area contributed by atoms with Crippen molar-refractivity contribution in [1.82, 2.24) is 20.2 Å². The molecule has 0 bridgehead atoms. The Hall–Kier alpha value is -3.50. The smallest absolute Gasteiger partial charge is 0.316 e. The minimum atomic E-state index is -1.51. The largest absolute Gasteiger partial charge is 0.504 e. The number of likely N-dealkylation sites (tertiary alicyclic amines) is 1. The SMILES string of the molecule is CC(C)[C@H](NC(=O)c1ccc(F)c(F)c1O)C(=O)N1CCC(Oc2ncc(N3CCCCC3)cn2)CC1. The minimum absolute atomic E-state index is 0.142. The number of hydrogen-bond donors (Lipinski definition) is 2. The molecule has 200 valence electrons. The number of aromatic nitrogens is 2. The van der Waals surface area contributed by atoms with E-state index in [0.29, 0.717) is 31.9 Å². The van der Waals surface area contributed by atoms with Crippen LogP contribution in [0.3, 0.4) is 0 Å². The second kappa shape index (κ2) is 11.7. The highest BCUT2D eigenvalue weighted by molar-refractivity contribution is 5.99. The van der Waals surface area contributed by atoms with E-state index in [1.807, 2.05) is 0 Å². The van der Waals surface area contributed by atoms with Crippen molar-refractivity contribution >= 4 is 17.5 Å². The van der Waals surface area contributed by atoms with Crippen LogP contribution in [0.5, 0.6) is 11.8 Å². The van der Waals surface area contributed by atoms with Crippen molar-refractivity contribution in [3.63, 3.8) is 0 Å². The number of phenolic OH excluding ortho intramolecular Hbond substituents is 1. The highest BCUT2D eigenvalue weighted by Crippen LogP contribution is 2.25. The average molecular weight is 518 g/mol. The van der Waals surface area contributed by atoms with E-state index >= 15 is 0 Å². The van der Waals surface area contributed by atoms with Gasteiger partial charge in [-0.1, -0.05) is 13.8 Å². The summed E-state index contributed by atoms with van der Waals surface area (Å²) in [6, 6.07) is 1.15. The highest BCUT2D eigenvalue weighted by Gasteiger charge is 2.33. The summed E-state index contributed by atoms with van der Waals surface area (Å²) in [5, 5.41) is 12.4. The molecule has 2 amide bonds. The van der Waals surface area contributed by atoms with Gasteiger partial charge in [0.15, 0.2) is 11.6 Å². The fourth-order valence-corrected chi connectivity index (χ4v) is 4.68. The summed E-state index contributed by atoms with van der Waals surface area (Å²) in [4.78, 5) is 38.5. The number of carbonyl (C=O) groups excluding carboxylic acids is 2. The summed E-state index contributed by atoms with van der Waals surface area (Å²) in [5.74, 6) is -5.27. The first-order valence-electron chi connectivity index (χ1n) is 12.7. The number of piperidine rings is 2. The summed E-state index contributed by atoms with van der Waals surface area (Å²) in [7, 11) is 0. The molecule has 2 saturated heterocycles. The van der Waals surface area contributed by atoms with Gasteiger partial charge in [0.25, 0.3) is 5.91 Å². The van der Waals surface area contributed by atoms with Gasteiger partial charge in [-0.05, 0) is 37.3 Å². The van der Waals surface area contributed by atoms with Gasteiger partial charge >= 0.3 is 6.01 Å². The van der Waals surface area contributed by atoms with Crippen molar-refractivity contribution in [2.75, 3.05) is 31.1 Å². The van der Waals surface area contributed by atoms with E-state index in [0.717, 1.165) is 30.9 Å². The molecule has 0 radical (unpaired) electrons. The molecule has 2 aromatic rings. The number of aromatic hydroxyl groups is 1. The lowest BCUT2D eigenvalue weighted by Crippen LogP contribution is -2.53. The van der Waals surface area contributed by atoms with Crippen molar-refractivity contribution in [3.05, 3.63) is 41.7 Å². The van der Waals surface area contributed by atoms with Crippen LogP contribution in [-0.2, 0) is 4.79 Å². The van der Waals surface area contributed by atoms with Crippen LogP contribution >= 0.6 is 0 Å². The summed E-state index contributed by atoms with van der Waals surface area (Å²) in [6.07, 6.45) is 8.17. The maximum atomic E-state index is 13.7. The lowest BCUT2D eigenvalue weighted by molar-refractivity contribution is -0.136. The zero-order valence-electron chi connectivity index (χ0n) is 21.1. The normalized spacial score (nSPS) is 17.5. The van der Waals surface area contributed by atoms with Crippen LogP contribution in [0.4, 0.5) is 14.5 Å². The van der Waals surface area contributed by atoms with Crippen molar-refractivity contribution in [2.24, 2.45) is 5.92 Å². The maximum Gasteiger partial charge on any atom is 0.316 e. The zero-order chi connectivity index (χ0) is 26.5. The number of carbonyl (C=O) groups is 2. The van der Waals surface area contributed by atoms with Gasteiger partial charge in [0.1, 0.15) is 12.1 Å². The van der Waals surface area contributed by atoms with E-state index in [9.17, 15) is 23.5 Å². The molecular weight excluding hydrogens is 484 g/mol. The third kappa shape index (κ3) is 6.26. The van der Waals surface area contributed by atoms with E-state index in [2.05, 4.69) is 20.2 Å². The Labute approximate surface area is 214 Å². The number of anilines is 1. The first-order chi connectivity index (χ1) is 17.7. The fraction of sp³-hybridized carbons (Fsp3) is 0.538. The Kier molecular flexibility index (Phi) is 8.40. The predicted molar refractivity (Wildman–Crippen MR) is 132 cm³/mol. The Morgan fingerprint density at radius 3 is 2.32 bits per heavy atom. The van der Waals surface area contributed by atoms with E-state index < -0.39 is 34.9 Å². The summed E-state index contributed by atoms with van der Waals surface area (Å²) in [5.41, 5.74) is 0.557. The Bertz CT molecular complexity index is 1100. The Morgan fingerprint density at radius 2 is 1.70 bits per heavy atom. The highest BCUT2D eigenvalue weighted by atomic mass is 19.2. The van der Waals surface area contributed by atoms with Gasteiger partial charge < -0.3 is 25.0 Å². The van der Waals surface area contributed by atoms with Crippen LogP contribution in [0, 0.1) is 17.6 Å². The quantitative estimate of drug-likeness (QED) is 0.580. The van der Waals surface area contributed by atoms with Gasteiger partial charge in [-0.2, -0.15) is 4.39 Å². The molecule has 11 heteroatoms. The minimum Gasteiger partial charge on any atom is -0.504 e. The molecule has 2 aliphatic heterocycles. The molecule has 1 aromatic heterocycles. The molecule has 2 aliphatic rings. The van der Waals surface area contributed by atoms with E-state index in [-0.39, 0.29) is 17.9 Å². The van der Waals surface area contributed by atoms with Gasteiger partial charge in [0.2, 0.25) is 11.7 Å². The molecule has 1 aromatic carbocycles. The van der Waals surface area contributed by atoms with Gasteiger partial charge in [-0.3, -0.25) is 9.59 Å². The topological polar surface area (TPSA) is 108 Å². The van der Waals surface area contributed by atoms with Gasteiger partial charge in [0.05, 0.1) is 23.6 Å². The predicted octanol–water partition coefficient (Wildman–Crippen LogP) is 3.28. The third-order valence-electron chi connectivity index (χ3n) is 6.89. The van der Waals surface area contributed by atoms with Gasteiger partial charge in [0, 0.05) is 39.0 Å². The van der Waals surface area contributed by atoms with Crippen LogP contribution in [0.2, 0.25) is 0 Å². The molecule has 9 nitrogen and oxygen atoms in total. The van der Waals surface area contributed by atoms with Crippen molar-refractivity contribution in [2.45, 2.75) is 58.1 Å². The van der Waals surface area contributed by atoms with E-state index in [4.69, 9.17) is 4.74 Å². The standard InChI is InChI=1S/C26H33F2N5O4/c1-16(2)22(31-24(35)19-6-7-20(27)21(28)23(19)34)25(36)33-12-8-18(9-13-33)37-26-29-14-17(15-30-26)32-10-4-3-5-11-32/h6-7,14-16,18,22,34H,3-5,8-13H2,1-2H3,(H,31,35)/t22-/m0/s1. The van der Waals surface area contributed by atoms with Crippen LogP contribution in [0.15, 0.2) is 24.5 Å². The first kappa shape index (κ1) is 26.6. The van der Waals surface area contributed by atoms with Crippen LogP contribution < -0.4 is 15.0 Å². The lowest BCUT2D eigenvalue weighted by Gasteiger charge is -2.35. The molecule has 2 fully saturated rings. The number of benzene rings is 1. The molecule has 0 saturated carbocycles. The first-order valence-corrected chi connectivity index (χ1v) is 12.7. The number of nitrogens with one attached hydrogen (secondary N) is 1. The molecule has 4 rings (SSSR count). The number of hydrogen-bond acceptors (Lipinski definition) is 7. The number of rotatable bonds is 7. The van der Waals surface area contributed by atoms with Crippen LogP contribution in [-0.4, -0.2) is 70.1 Å². The zero-order valence-corrected chi connectivity index (χ0v) is 21.1. The van der Waals surface area contributed by atoms with Crippen molar-refractivity contribution < 1.29 is 28.2 Å². The molecule has 0 aliphatic carbocycles. The number of phenols is 1. The number of halogens is 2. The van der Waals surface area contributed by atoms with Crippen molar-refractivity contribution in [1.29, 1.82) is 0 Å². The summed E-state index contributed by atoms with van der Waals surface area (Å²) < 4.78 is 32.9. The van der Waals surface area contributed by atoms with Crippen molar-refractivity contribution in [3.8, 4) is 11.8 Å². The van der Waals surface area contributed by atoms with Crippen LogP contribution in [0.25, 0.3) is 0 Å². The van der Waals surface area contributed by atoms with E-state index in [1.54, 1.807) is 31.1 Å². The maximum absolute atomic E-state index is 13.7. The molecule has 3 heterocycles. The van der Waals surface area contributed by atoms with E-state index in [1.165, 1.54) is 19.3 Å². The van der Waals surface area contributed by atoms with Gasteiger partial charge in [-0.15, -0.1) is 0 Å². The average Bonchev–Trinajstić information content (AvgIpc) is 2.91. The third-order valence-corrected chi connectivity index (χ3v) is 6.89. The molecule has 0 spiro atoms. The molecule has 2 N–H and O–H groups in total. The number of nitrogens with zero attached hydrogens (tertiary/aromatic N) is 4. The molecule has 37 heavy (non-hydrogen) atoms. The Balaban J connectivity index is 1.31. The molecular formula is C26H33F2N5O4. The molecule has 1 atom stereocenters. The number of amides is 2. The second-order valence-corrected chi connectivity index (χ2v) is 9.87. The number of ether oxygens (including phenoxy) is 1. The van der Waals surface area contributed by atoms with Gasteiger partial charge in [-0.25, -0.2) is 14.4 Å².